The maximum atomic E-state index is 11.0. The second kappa shape index (κ2) is 5.05. The first-order valence-corrected chi connectivity index (χ1v) is 6.19. The summed E-state index contributed by atoms with van der Waals surface area (Å²) < 4.78 is 5.17. The van der Waals surface area contributed by atoms with Gasteiger partial charge in [0.25, 0.3) is 0 Å². The minimum Gasteiger partial charge on any atom is -0.495 e. The number of halogens is 1. The Kier molecular flexibility index (Phi) is 3.62. The van der Waals surface area contributed by atoms with Crippen molar-refractivity contribution in [3.8, 4) is 5.75 Å². The van der Waals surface area contributed by atoms with Gasteiger partial charge in [-0.15, -0.1) is 0 Å². The molecule has 19 heavy (non-hydrogen) atoms. The molecule has 0 saturated carbocycles. The van der Waals surface area contributed by atoms with Crippen molar-refractivity contribution >= 4 is 28.5 Å². The summed E-state index contributed by atoms with van der Waals surface area (Å²) in [5.41, 5.74) is 2.15. The fourth-order valence-electron chi connectivity index (χ4n) is 1.93. The number of ether oxygens (including phenoxy) is 1. The molecule has 2 aromatic rings. The zero-order valence-corrected chi connectivity index (χ0v) is 11.7. The number of nitrogens with zero attached hydrogens (tertiary/aromatic N) is 1. The quantitative estimate of drug-likeness (QED) is 0.935. The number of aromatic nitrogens is 1. The zero-order valence-electron chi connectivity index (χ0n) is 10.9. The molecule has 1 aromatic carbocycles. The van der Waals surface area contributed by atoms with Crippen LogP contribution in [0.5, 0.6) is 5.75 Å². The monoisotopic (exact) mass is 279 g/mol. The van der Waals surface area contributed by atoms with E-state index < -0.39 is 11.9 Å². The lowest BCUT2D eigenvalue weighted by molar-refractivity contribution is -0.138. The highest BCUT2D eigenvalue weighted by atomic mass is 35.5. The van der Waals surface area contributed by atoms with Crippen LogP contribution in [0, 0.1) is 6.92 Å². The molecule has 100 valence electrons. The Labute approximate surface area is 116 Å². The predicted octanol–water partition coefficient (Wildman–Crippen LogP) is 3.39. The lowest BCUT2D eigenvalue weighted by atomic mass is 10.0. The van der Waals surface area contributed by atoms with Gasteiger partial charge in [-0.25, -0.2) is 0 Å². The smallest absolute Gasteiger partial charge is 0.312 e. The topological polar surface area (TPSA) is 59.4 Å². The number of benzene rings is 1. The van der Waals surface area contributed by atoms with Crippen LogP contribution in [-0.4, -0.2) is 23.2 Å². The van der Waals surface area contributed by atoms with Gasteiger partial charge in [-0.2, -0.15) is 0 Å². The van der Waals surface area contributed by atoms with Crippen LogP contribution in [0.25, 0.3) is 10.9 Å². The van der Waals surface area contributed by atoms with Gasteiger partial charge in [0.1, 0.15) is 5.75 Å². The third kappa shape index (κ3) is 2.49. The number of fused-ring (bicyclic) bond motifs is 1. The van der Waals surface area contributed by atoms with Gasteiger partial charge in [0.05, 0.1) is 29.3 Å². The minimum absolute atomic E-state index is 0.460. The lowest BCUT2D eigenvalue weighted by Crippen LogP contribution is -2.09. The van der Waals surface area contributed by atoms with Crippen molar-refractivity contribution in [2.75, 3.05) is 7.11 Å². The summed E-state index contributed by atoms with van der Waals surface area (Å²) in [6.45, 7) is 3.52. The molecule has 1 atom stereocenters. The molecule has 1 aromatic heterocycles. The number of rotatable bonds is 3. The number of carboxylic acids is 1. The average Bonchev–Trinajstić information content (AvgIpc) is 2.36. The lowest BCUT2D eigenvalue weighted by Gasteiger charge is -2.11. The van der Waals surface area contributed by atoms with Crippen LogP contribution in [0.4, 0.5) is 0 Å². The van der Waals surface area contributed by atoms with Crippen molar-refractivity contribution in [1.82, 2.24) is 4.98 Å². The molecule has 1 heterocycles. The van der Waals surface area contributed by atoms with Crippen molar-refractivity contribution in [1.29, 1.82) is 0 Å². The van der Waals surface area contributed by atoms with E-state index >= 15 is 0 Å². The van der Waals surface area contributed by atoms with Gasteiger partial charge in [0, 0.05) is 5.39 Å². The summed E-state index contributed by atoms with van der Waals surface area (Å²) in [5.74, 6) is -0.965. The summed E-state index contributed by atoms with van der Waals surface area (Å²) >= 11 is 6.07. The van der Waals surface area contributed by atoms with Crippen LogP contribution in [0.15, 0.2) is 18.2 Å². The molecular formula is C14H14ClNO3. The highest BCUT2D eigenvalue weighted by Crippen LogP contribution is 2.31. The SMILES string of the molecule is COc1cc2c(C)cc(C(C)C(=O)O)nc2cc1Cl. The van der Waals surface area contributed by atoms with E-state index in [9.17, 15) is 4.79 Å². The van der Waals surface area contributed by atoms with Crippen molar-refractivity contribution in [2.45, 2.75) is 19.8 Å². The number of carbonyl (C=O) groups is 1. The molecule has 1 N–H and O–H groups in total. The Morgan fingerprint density at radius 2 is 2.11 bits per heavy atom. The van der Waals surface area contributed by atoms with E-state index in [4.69, 9.17) is 21.4 Å². The third-order valence-electron chi connectivity index (χ3n) is 3.12. The number of hydrogen-bond acceptors (Lipinski definition) is 3. The van der Waals surface area contributed by atoms with Crippen molar-refractivity contribution in [2.24, 2.45) is 0 Å². The Morgan fingerprint density at radius 1 is 1.42 bits per heavy atom. The molecule has 0 aliphatic carbocycles. The van der Waals surface area contributed by atoms with E-state index in [0.717, 1.165) is 10.9 Å². The molecule has 0 saturated heterocycles. The molecule has 0 amide bonds. The van der Waals surface area contributed by atoms with E-state index in [1.54, 1.807) is 26.2 Å². The number of methoxy groups -OCH3 is 1. The fourth-order valence-corrected chi connectivity index (χ4v) is 2.16. The third-order valence-corrected chi connectivity index (χ3v) is 3.42. The molecule has 0 spiro atoms. The van der Waals surface area contributed by atoms with Gasteiger partial charge in [-0.05, 0) is 37.6 Å². The van der Waals surface area contributed by atoms with E-state index in [1.807, 2.05) is 13.0 Å². The molecule has 5 heteroatoms. The molecule has 0 radical (unpaired) electrons. The molecule has 0 aliphatic rings. The zero-order chi connectivity index (χ0) is 14.2. The molecular weight excluding hydrogens is 266 g/mol. The van der Waals surface area contributed by atoms with E-state index in [1.165, 1.54) is 0 Å². The Bertz CT molecular complexity index is 655. The van der Waals surface area contributed by atoms with Crippen LogP contribution in [-0.2, 0) is 4.79 Å². The highest BCUT2D eigenvalue weighted by molar-refractivity contribution is 6.32. The summed E-state index contributed by atoms with van der Waals surface area (Å²) in [4.78, 5) is 15.4. The molecule has 4 nitrogen and oxygen atoms in total. The van der Waals surface area contributed by atoms with Gasteiger partial charge in [-0.1, -0.05) is 11.6 Å². The molecule has 0 bridgehead atoms. The Morgan fingerprint density at radius 3 is 2.68 bits per heavy atom. The number of hydrogen-bond donors (Lipinski definition) is 1. The fraction of sp³-hybridized carbons (Fsp3) is 0.286. The standard InChI is InChI=1S/C14H14ClNO3/c1-7-4-11(8(2)14(17)18)16-12-6-10(15)13(19-3)5-9(7)12/h4-6,8H,1-3H3,(H,17,18). The van der Waals surface area contributed by atoms with Crippen molar-refractivity contribution < 1.29 is 14.6 Å². The maximum absolute atomic E-state index is 11.0. The molecule has 1 unspecified atom stereocenters. The van der Waals surface area contributed by atoms with Crippen LogP contribution < -0.4 is 4.74 Å². The normalized spacial score (nSPS) is 12.4. The highest BCUT2D eigenvalue weighted by Gasteiger charge is 2.17. The number of aryl methyl sites for hydroxylation is 1. The number of aliphatic carboxylic acids is 1. The second-order valence-electron chi connectivity index (χ2n) is 4.43. The predicted molar refractivity (Wildman–Crippen MR) is 74.1 cm³/mol. The van der Waals surface area contributed by atoms with Crippen LogP contribution >= 0.6 is 11.6 Å². The Balaban J connectivity index is 2.67. The van der Waals surface area contributed by atoms with Crippen LogP contribution in [0.1, 0.15) is 24.1 Å². The van der Waals surface area contributed by atoms with Crippen LogP contribution in [0.2, 0.25) is 5.02 Å². The summed E-state index contributed by atoms with van der Waals surface area (Å²) in [7, 11) is 1.55. The first-order valence-electron chi connectivity index (χ1n) is 5.81. The maximum Gasteiger partial charge on any atom is 0.312 e. The average molecular weight is 280 g/mol. The van der Waals surface area contributed by atoms with Gasteiger partial charge < -0.3 is 9.84 Å². The van der Waals surface area contributed by atoms with Crippen molar-refractivity contribution in [3.63, 3.8) is 0 Å². The van der Waals surface area contributed by atoms with Gasteiger partial charge in [0.2, 0.25) is 0 Å². The van der Waals surface area contributed by atoms with Crippen LogP contribution in [0.3, 0.4) is 0 Å². The first kappa shape index (κ1) is 13.6. The van der Waals surface area contributed by atoms with E-state index in [-0.39, 0.29) is 0 Å². The summed E-state index contributed by atoms with van der Waals surface area (Å²) in [5, 5.41) is 10.4. The van der Waals surface area contributed by atoms with Gasteiger partial charge in [0.15, 0.2) is 0 Å². The van der Waals surface area contributed by atoms with Gasteiger partial charge >= 0.3 is 5.97 Å². The Hall–Kier alpha value is -1.81. The summed E-state index contributed by atoms with van der Waals surface area (Å²) in [6.07, 6.45) is 0. The van der Waals surface area contributed by atoms with Gasteiger partial charge in [-0.3, -0.25) is 9.78 Å². The number of carboxylic acid groups (broad SMARTS) is 1. The first-order chi connectivity index (χ1) is 8.93. The number of pyridine rings is 1. The molecule has 0 aliphatic heterocycles. The van der Waals surface area contributed by atoms with Crippen molar-refractivity contribution in [3.05, 3.63) is 34.5 Å². The van der Waals surface area contributed by atoms with E-state index in [0.29, 0.717) is 22.0 Å². The second-order valence-corrected chi connectivity index (χ2v) is 4.84. The summed E-state index contributed by atoms with van der Waals surface area (Å²) in [6, 6.07) is 5.30. The molecule has 2 rings (SSSR count). The minimum atomic E-state index is -0.897. The largest absolute Gasteiger partial charge is 0.495 e. The van der Waals surface area contributed by atoms with E-state index in [2.05, 4.69) is 4.98 Å². The molecule has 0 fully saturated rings.